The summed E-state index contributed by atoms with van der Waals surface area (Å²) in [5.74, 6) is 2.52. The van der Waals surface area contributed by atoms with Gasteiger partial charge in [0.2, 0.25) is 5.91 Å². The van der Waals surface area contributed by atoms with Gasteiger partial charge in [-0.3, -0.25) is 4.79 Å². The first-order valence-electron chi connectivity index (χ1n) is 9.53. The first-order chi connectivity index (χ1) is 12.6. The lowest BCUT2D eigenvalue weighted by molar-refractivity contribution is -0.136. The molecule has 138 valence electrons. The minimum Gasteiger partial charge on any atom is -0.356 e. The molecule has 0 aromatic carbocycles. The van der Waals surface area contributed by atoms with Crippen LogP contribution in [0.5, 0.6) is 0 Å². The van der Waals surface area contributed by atoms with Gasteiger partial charge in [0.25, 0.3) is 0 Å². The summed E-state index contributed by atoms with van der Waals surface area (Å²) in [5, 5.41) is 2.14. The van der Waals surface area contributed by atoms with Gasteiger partial charge in [-0.15, -0.1) is 11.3 Å². The first kappa shape index (κ1) is 17.5. The van der Waals surface area contributed by atoms with E-state index in [1.165, 1.54) is 10.4 Å². The van der Waals surface area contributed by atoms with Crippen molar-refractivity contribution in [3.8, 4) is 0 Å². The Balaban J connectivity index is 1.45. The summed E-state index contributed by atoms with van der Waals surface area (Å²) in [6, 6.07) is 4.14. The van der Waals surface area contributed by atoms with Crippen molar-refractivity contribution < 1.29 is 4.79 Å². The normalized spacial score (nSPS) is 20.3. The van der Waals surface area contributed by atoms with Gasteiger partial charge in [0, 0.05) is 43.2 Å². The molecule has 2 aliphatic heterocycles. The number of nitrogens with zero attached hydrogens (tertiary/aromatic N) is 4. The van der Waals surface area contributed by atoms with E-state index >= 15 is 0 Å². The number of aromatic nitrogens is 2. The fourth-order valence-corrected chi connectivity index (χ4v) is 4.79. The number of anilines is 1. The van der Waals surface area contributed by atoms with Crippen LogP contribution < -0.4 is 4.90 Å². The number of rotatable bonds is 3. The van der Waals surface area contributed by atoms with Crippen molar-refractivity contribution in [1.82, 2.24) is 14.9 Å². The highest BCUT2D eigenvalue weighted by Crippen LogP contribution is 2.28. The average Bonchev–Trinajstić information content (AvgIpc) is 3.15. The number of thiophene rings is 1. The Labute approximate surface area is 159 Å². The van der Waals surface area contributed by atoms with E-state index in [1.807, 2.05) is 23.6 Å². The van der Waals surface area contributed by atoms with Crippen LogP contribution >= 0.6 is 11.3 Å². The van der Waals surface area contributed by atoms with Crippen LogP contribution in [-0.2, 0) is 17.8 Å². The van der Waals surface area contributed by atoms with Gasteiger partial charge in [0.1, 0.15) is 11.6 Å². The second kappa shape index (κ2) is 7.35. The Morgan fingerprint density at radius 3 is 3.04 bits per heavy atom. The lowest BCUT2D eigenvalue weighted by Gasteiger charge is -2.36. The topological polar surface area (TPSA) is 49.3 Å². The summed E-state index contributed by atoms with van der Waals surface area (Å²) < 4.78 is 0. The van der Waals surface area contributed by atoms with Crippen molar-refractivity contribution in [2.45, 2.75) is 45.6 Å². The molecular formula is C20H26N4OS. The zero-order chi connectivity index (χ0) is 18.1. The molecule has 4 heterocycles. The molecule has 1 atom stereocenters. The maximum absolute atomic E-state index is 13.1. The van der Waals surface area contributed by atoms with Crippen LogP contribution in [0.15, 0.2) is 23.7 Å². The van der Waals surface area contributed by atoms with E-state index in [0.717, 1.165) is 57.1 Å². The Hall–Kier alpha value is -1.95. The van der Waals surface area contributed by atoms with Gasteiger partial charge in [-0.25, -0.2) is 9.97 Å². The quantitative estimate of drug-likeness (QED) is 0.830. The minimum absolute atomic E-state index is 0.0707. The molecule has 5 nitrogen and oxygen atoms in total. The third-order valence-electron chi connectivity index (χ3n) is 5.39. The molecule has 1 fully saturated rings. The molecule has 0 aliphatic carbocycles. The summed E-state index contributed by atoms with van der Waals surface area (Å²) in [4.78, 5) is 28.0. The second-order valence-electron chi connectivity index (χ2n) is 7.59. The van der Waals surface area contributed by atoms with Gasteiger partial charge in [-0.2, -0.15) is 0 Å². The molecule has 0 radical (unpaired) electrons. The van der Waals surface area contributed by atoms with E-state index in [-0.39, 0.29) is 5.92 Å². The monoisotopic (exact) mass is 370 g/mol. The van der Waals surface area contributed by atoms with E-state index in [1.54, 1.807) is 0 Å². The van der Waals surface area contributed by atoms with E-state index in [2.05, 4.69) is 40.1 Å². The highest BCUT2D eigenvalue weighted by molar-refractivity contribution is 7.10. The molecule has 26 heavy (non-hydrogen) atoms. The lowest BCUT2D eigenvalue weighted by Crippen LogP contribution is -2.46. The SMILES string of the molecule is CC(C)c1nccc(N2CCCC(C(=O)N3CCc4sccc4C3)C2)n1. The van der Waals surface area contributed by atoms with Crippen LogP contribution in [-0.4, -0.2) is 40.4 Å². The minimum atomic E-state index is 0.0707. The zero-order valence-electron chi connectivity index (χ0n) is 15.5. The molecule has 1 unspecified atom stereocenters. The molecule has 0 saturated carbocycles. The lowest BCUT2D eigenvalue weighted by atomic mass is 9.95. The van der Waals surface area contributed by atoms with Gasteiger partial charge in [0.15, 0.2) is 0 Å². The van der Waals surface area contributed by atoms with E-state index in [0.29, 0.717) is 11.8 Å². The highest BCUT2D eigenvalue weighted by atomic mass is 32.1. The van der Waals surface area contributed by atoms with Crippen molar-refractivity contribution in [3.05, 3.63) is 40.0 Å². The number of fused-ring (bicyclic) bond motifs is 1. The molecule has 2 aromatic heterocycles. The summed E-state index contributed by atoms with van der Waals surface area (Å²) in [6.07, 6.45) is 4.85. The standard InChI is InChI=1S/C20H26N4OS/c1-14(2)19-21-8-5-18(22-19)23-9-3-4-16(13-23)20(25)24-10-6-17-15(12-24)7-11-26-17/h5,7-8,11,14,16H,3-4,6,9-10,12-13H2,1-2H3. The third kappa shape index (κ3) is 3.47. The number of amides is 1. The predicted molar refractivity (Wildman–Crippen MR) is 104 cm³/mol. The maximum Gasteiger partial charge on any atom is 0.227 e. The Kier molecular flexibility index (Phi) is 4.94. The number of carbonyl (C=O) groups excluding carboxylic acids is 1. The van der Waals surface area contributed by atoms with Gasteiger partial charge in [0.05, 0.1) is 5.92 Å². The Morgan fingerprint density at radius 1 is 1.31 bits per heavy atom. The second-order valence-corrected chi connectivity index (χ2v) is 8.59. The number of carbonyl (C=O) groups is 1. The van der Waals surface area contributed by atoms with Crippen molar-refractivity contribution in [2.75, 3.05) is 24.5 Å². The number of hydrogen-bond donors (Lipinski definition) is 0. The first-order valence-corrected chi connectivity index (χ1v) is 10.4. The summed E-state index contributed by atoms with van der Waals surface area (Å²) in [6.45, 7) is 7.58. The van der Waals surface area contributed by atoms with Crippen molar-refractivity contribution >= 4 is 23.1 Å². The van der Waals surface area contributed by atoms with Crippen LogP contribution in [0.3, 0.4) is 0 Å². The zero-order valence-corrected chi connectivity index (χ0v) is 16.3. The fourth-order valence-electron chi connectivity index (χ4n) is 3.90. The number of piperidine rings is 1. The van der Waals surface area contributed by atoms with Gasteiger partial charge in [-0.05, 0) is 42.3 Å². The summed E-state index contributed by atoms with van der Waals surface area (Å²) in [5.41, 5.74) is 1.33. The van der Waals surface area contributed by atoms with Crippen molar-refractivity contribution in [2.24, 2.45) is 5.92 Å². The Bertz CT molecular complexity index is 788. The van der Waals surface area contributed by atoms with E-state index < -0.39 is 0 Å². The fraction of sp³-hybridized carbons (Fsp3) is 0.550. The van der Waals surface area contributed by atoms with Crippen LogP contribution in [0.1, 0.15) is 48.9 Å². The summed E-state index contributed by atoms with van der Waals surface area (Å²) in [7, 11) is 0. The molecule has 0 bridgehead atoms. The summed E-state index contributed by atoms with van der Waals surface area (Å²) >= 11 is 1.82. The molecular weight excluding hydrogens is 344 g/mol. The maximum atomic E-state index is 13.1. The third-order valence-corrected chi connectivity index (χ3v) is 6.41. The Morgan fingerprint density at radius 2 is 2.19 bits per heavy atom. The largest absolute Gasteiger partial charge is 0.356 e. The molecule has 1 amide bonds. The van der Waals surface area contributed by atoms with Gasteiger partial charge in [-0.1, -0.05) is 13.8 Å². The van der Waals surface area contributed by atoms with Crippen LogP contribution in [0.25, 0.3) is 0 Å². The molecule has 0 spiro atoms. The van der Waals surface area contributed by atoms with Crippen LogP contribution in [0.4, 0.5) is 5.82 Å². The van der Waals surface area contributed by atoms with Gasteiger partial charge >= 0.3 is 0 Å². The molecule has 4 rings (SSSR count). The van der Waals surface area contributed by atoms with E-state index in [4.69, 9.17) is 4.98 Å². The molecule has 1 saturated heterocycles. The molecule has 2 aromatic rings. The molecule has 6 heteroatoms. The van der Waals surface area contributed by atoms with Gasteiger partial charge < -0.3 is 9.80 Å². The van der Waals surface area contributed by atoms with Crippen molar-refractivity contribution in [1.29, 1.82) is 0 Å². The van der Waals surface area contributed by atoms with Crippen LogP contribution in [0.2, 0.25) is 0 Å². The smallest absolute Gasteiger partial charge is 0.227 e. The number of hydrogen-bond acceptors (Lipinski definition) is 5. The van der Waals surface area contributed by atoms with E-state index in [9.17, 15) is 4.79 Å². The van der Waals surface area contributed by atoms with Crippen LogP contribution in [0, 0.1) is 5.92 Å². The average molecular weight is 371 g/mol. The molecule has 2 aliphatic rings. The predicted octanol–water partition coefficient (Wildman–Crippen LogP) is 3.46. The van der Waals surface area contributed by atoms with Crippen molar-refractivity contribution in [3.63, 3.8) is 0 Å². The molecule has 0 N–H and O–H groups in total. The highest BCUT2D eigenvalue weighted by Gasteiger charge is 2.31.